The van der Waals surface area contributed by atoms with Crippen molar-refractivity contribution in [3.8, 4) is 0 Å². The third-order valence-electron chi connectivity index (χ3n) is 4.94. The molecule has 2 atom stereocenters. The molecule has 0 bridgehead atoms. The average Bonchev–Trinajstić information content (AvgIpc) is 2.32. The molecule has 2 fully saturated rings. The summed E-state index contributed by atoms with van der Waals surface area (Å²) in [5, 5.41) is 9.08. The van der Waals surface area contributed by atoms with Crippen molar-refractivity contribution < 1.29 is 5.11 Å². The van der Waals surface area contributed by atoms with Crippen LogP contribution in [-0.2, 0) is 0 Å². The van der Waals surface area contributed by atoms with E-state index in [-0.39, 0.29) is 0 Å². The van der Waals surface area contributed by atoms with E-state index >= 15 is 0 Å². The molecule has 0 spiro atoms. The predicted octanol–water partition coefficient (Wildman–Crippen LogP) is 3.19. The number of aliphatic hydroxyl groups is 1. The van der Waals surface area contributed by atoms with Crippen LogP contribution in [0.25, 0.3) is 0 Å². The predicted molar refractivity (Wildman–Crippen MR) is 72.1 cm³/mol. The monoisotopic (exact) mass is 239 g/mol. The maximum Gasteiger partial charge on any atom is 0.0443 e. The Morgan fingerprint density at radius 1 is 1.06 bits per heavy atom. The van der Waals surface area contributed by atoms with Crippen LogP contribution in [-0.4, -0.2) is 35.2 Å². The molecular formula is C15H29NO. The van der Waals surface area contributed by atoms with Crippen molar-refractivity contribution >= 4 is 0 Å². The van der Waals surface area contributed by atoms with Crippen LogP contribution in [0.1, 0.15) is 64.7 Å². The van der Waals surface area contributed by atoms with Gasteiger partial charge in [0.25, 0.3) is 0 Å². The number of hydrogen-bond acceptors (Lipinski definition) is 2. The van der Waals surface area contributed by atoms with Gasteiger partial charge < -0.3 is 5.11 Å². The second kappa shape index (κ2) is 6.75. The summed E-state index contributed by atoms with van der Waals surface area (Å²) in [6, 6.07) is 1.67. The molecule has 2 heteroatoms. The van der Waals surface area contributed by atoms with Gasteiger partial charge in [0.2, 0.25) is 0 Å². The highest BCUT2D eigenvalue weighted by Gasteiger charge is 2.34. The first kappa shape index (κ1) is 13.4. The van der Waals surface area contributed by atoms with E-state index in [2.05, 4.69) is 11.8 Å². The van der Waals surface area contributed by atoms with Crippen LogP contribution in [0.5, 0.6) is 0 Å². The van der Waals surface area contributed by atoms with E-state index in [0.717, 1.165) is 31.0 Å². The SMILES string of the molecule is CCC1CCCCC1N(CCCO)C1CCC1. The summed E-state index contributed by atoms with van der Waals surface area (Å²) in [7, 11) is 0. The molecule has 2 rings (SSSR count). The van der Waals surface area contributed by atoms with Gasteiger partial charge in [-0.05, 0) is 38.0 Å². The molecule has 0 aliphatic heterocycles. The van der Waals surface area contributed by atoms with Crippen LogP contribution in [0.4, 0.5) is 0 Å². The third-order valence-corrected chi connectivity index (χ3v) is 4.94. The molecule has 0 aromatic rings. The molecule has 0 amide bonds. The second-order valence-corrected chi connectivity index (χ2v) is 5.92. The zero-order chi connectivity index (χ0) is 12.1. The Morgan fingerprint density at radius 3 is 2.41 bits per heavy atom. The van der Waals surface area contributed by atoms with Crippen LogP contribution in [0.15, 0.2) is 0 Å². The molecular weight excluding hydrogens is 210 g/mol. The smallest absolute Gasteiger partial charge is 0.0443 e. The van der Waals surface area contributed by atoms with Gasteiger partial charge in [-0.2, -0.15) is 0 Å². The van der Waals surface area contributed by atoms with Crippen LogP contribution < -0.4 is 0 Å². The molecule has 0 saturated heterocycles. The molecule has 1 N–H and O–H groups in total. The van der Waals surface area contributed by atoms with Crippen LogP contribution in [0.2, 0.25) is 0 Å². The molecule has 2 saturated carbocycles. The minimum Gasteiger partial charge on any atom is -0.396 e. The Balaban J connectivity index is 1.95. The van der Waals surface area contributed by atoms with E-state index in [9.17, 15) is 0 Å². The first-order chi connectivity index (χ1) is 8.36. The van der Waals surface area contributed by atoms with Crippen molar-refractivity contribution in [1.82, 2.24) is 4.90 Å². The molecule has 0 radical (unpaired) electrons. The van der Waals surface area contributed by atoms with Crippen molar-refractivity contribution in [2.75, 3.05) is 13.2 Å². The van der Waals surface area contributed by atoms with Crippen molar-refractivity contribution in [1.29, 1.82) is 0 Å². The Bertz CT molecular complexity index is 215. The molecule has 2 aliphatic rings. The van der Waals surface area contributed by atoms with Crippen LogP contribution in [0.3, 0.4) is 0 Å². The molecule has 0 aromatic carbocycles. The zero-order valence-electron chi connectivity index (χ0n) is 11.4. The van der Waals surface area contributed by atoms with Crippen molar-refractivity contribution in [3.05, 3.63) is 0 Å². The van der Waals surface area contributed by atoms with Gasteiger partial charge in [-0.15, -0.1) is 0 Å². The molecule has 17 heavy (non-hydrogen) atoms. The lowest BCUT2D eigenvalue weighted by molar-refractivity contribution is 0.0232. The summed E-state index contributed by atoms with van der Waals surface area (Å²) in [6.45, 7) is 3.84. The second-order valence-electron chi connectivity index (χ2n) is 5.92. The third kappa shape index (κ3) is 3.23. The highest BCUT2D eigenvalue weighted by atomic mass is 16.3. The minimum atomic E-state index is 0.354. The Hall–Kier alpha value is -0.0800. The highest BCUT2D eigenvalue weighted by molar-refractivity contribution is 4.89. The Morgan fingerprint density at radius 2 is 1.82 bits per heavy atom. The fourth-order valence-electron chi connectivity index (χ4n) is 3.69. The lowest BCUT2D eigenvalue weighted by Crippen LogP contribution is -2.51. The maximum absolute atomic E-state index is 9.08. The summed E-state index contributed by atoms with van der Waals surface area (Å²) in [6.07, 6.45) is 12.2. The summed E-state index contributed by atoms with van der Waals surface area (Å²) < 4.78 is 0. The first-order valence-electron chi connectivity index (χ1n) is 7.73. The first-order valence-corrected chi connectivity index (χ1v) is 7.73. The quantitative estimate of drug-likeness (QED) is 0.769. The zero-order valence-corrected chi connectivity index (χ0v) is 11.4. The van der Waals surface area contributed by atoms with Crippen LogP contribution in [0, 0.1) is 5.92 Å². The fraction of sp³-hybridized carbons (Fsp3) is 1.00. The van der Waals surface area contributed by atoms with Crippen molar-refractivity contribution in [3.63, 3.8) is 0 Å². The van der Waals surface area contributed by atoms with E-state index in [1.807, 2.05) is 0 Å². The van der Waals surface area contributed by atoms with Gasteiger partial charge in [0.1, 0.15) is 0 Å². The van der Waals surface area contributed by atoms with E-state index in [1.165, 1.54) is 51.4 Å². The van der Waals surface area contributed by atoms with Gasteiger partial charge in [0.15, 0.2) is 0 Å². The standard InChI is InChI=1S/C15H29NO/c1-2-13-7-3-4-10-15(13)16(11-6-12-17)14-8-5-9-14/h13-15,17H,2-12H2,1H3. The number of aliphatic hydroxyl groups excluding tert-OH is 1. The molecule has 2 unspecified atom stereocenters. The van der Waals surface area contributed by atoms with Crippen LogP contribution >= 0.6 is 0 Å². The van der Waals surface area contributed by atoms with E-state index < -0.39 is 0 Å². The normalized spacial score (nSPS) is 30.5. The van der Waals surface area contributed by atoms with Gasteiger partial charge in [0.05, 0.1) is 0 Å². The Kier molecular flexibility index (Phi) is 5.30. The minimum absolute atomic E-state index is 0.354. The number of hydrogen-bond donors (Lipinski definition) is 1. The van der Waals surface area contributed by atoms with Gasteiger partial charge >= 0.3 is 0 Å². The van der Waals surface area contributed by atoms with Gasteiger partial charge in [0, 0.05) is 25.2 Å². The highest BCUT2D eigenvalue weighted by Crippen LogP contribution is 2.36. The largest absolute Gasteiger partial charge is 0.396 e. The maximum atomic E-state index is 9.08. The number of nitrogens with zero attached hydrogens (tertiary/aromatic N) is 1. The van der Waals surface area contributed by atoms with Crippen molar-refractivity contribution in [2.24, 2.45) is 5.92 Å². The lowest BCUT2D eigenvalue weighted by Gasteiger charge is -2.47. The summed E-state index contributed by atoms with van der Waals surface area (Å²) >= 11 is 0. The van der Waals surface area contributed by atoms with E-state index in [4.69, 9.17) is 5.11 Å². The van der Waals surface area contributed by atoms with E-state index in [0.29, 0.717) is 6.61 Å². The molecule has 2 nitrogen and oxygen atoms in total. The topological polar surface area (TPSA) is 23.5 Å². The molecule has 100 valence electrons. The molecule has 0 heterocycles. The molecule has 2 aliphatic carbocycles. The van der Waals surface area contributed by atoms with Crippen molar-refractivity contribution in [2.45, 2.75) is 76.8 Å². The summed E-state index contributed by atoms with van der Waals surface area (Å²) in [5.74, 6) is 0.919. The average molecular weight is 239 g/mol. The van der Waals surface area contributed by atoms with Gasteiger partial charge in [-0.25, -0.2) is 0 Å². The molecule has 0 aromatic heterocycles. The summed E-state index contributed by atoms with van der Waals surface area (Å²) in [5.41, 5.74) is 0. The summed E-state index contributed by atoms with van der Waals surface area (Å²) in [4.78, 5) is 2.77. The fourth-order valence-corrected chi connectivity index (χ4v) is 3.69. The van der Waals surface area contributed by atoms with Gasteiger partial charge in [-0.3, -0.25) is 4.90 Å². The van der Waals surface area contributed by atoms with E-state index in [1.54, 1.807) is 0 Å². The lowest BCUT2D eigenvalue weighted by atomic mass is 9.79. The van der Waals surface area contributed by atoms with Gasteiger partial charge in [-0.1, -0.05) is 32.6 Å². The Labute approximate surface area is 106 Å². The number of rotatable bonds is 6.